The number of methoxy groups -OCH3 is 1. The van der Waals surface area contributed by atoms with Gasteiger partial charge in [0.15, 0.2) is 15.6 Å². The summed E-state index contributed by atoms with van der Waals surface area (Å²) in [6.07, 6.45) is 0.512. The molecule has 0 heterocycles. The molecule has 0 aliphatic rings. The van der Waals surface area contributed by atoms with Gasteiger partial charge >= 0.3 is 0 Å². The standard InChI is InChI=1S/C13H18O4S/c1-4-10(2)18(15,16)9-13(14)11-5-7-12(17-3)8-6-11/h5-8,10H,4,9H2,1-3H3. The largest absolute Gasteiger partial charge is 0.497 e. The molecule has 1 aromatic rings. The monoisotopic (exact) mass is 270 g/mol. The van der Waals surface area contributed by atoms with E-state index >= 15 is 0 Å². The number of Topliss-reactive ketones (excluding diaryl/α,β-unsaturated/α-hetero) is 1. The number of ketones is 1. The first kappa shape index (κ1) is 14.7. The van der Waals surface area contributed by atoms with Crippen molar-refractivity contribution in [3.63, 3.8) is 0 Å². The molecule has 1 aromatic carbocycles. The van der Waals surface area contributed by atoms with Crippen molar-refractivity contribution < 1.29 is 17.9 Å². The van der Waals surface area contributed by atoms with Gasteiger partial charge in [-0.25, -0.2) is 8.42 Å². The number of rotatable bonds is 6. The van der Waals surface area contributed by atoms with Gasteiger partial charge in [-0.05, 0) is 37.6 Å². The molecule has 0 aliphatic heterocycles. The number of hydrogen-bond donors (Lipinski definition) is 0. The first-order chi connectivity index (χ1) is 8.40. The van der Waals surface area contributed by atoms with Crippen LogP contribution in [0.15, 0.2) is 24.3 Å². The molecule has 0 N–H and O–H groups in total. The molecule has 0 fully saturated rings. The SMILES string of the molecule is CCC(C)S(=O)(=O)CC(=O)c1ccc(OC)cc1. The average molecular weight is 270 g/mol. The summed E-state index contributed by atoms with van der Waals surface area (Å²) in [6.45, 7) is 3.41. The first-order valence-electron chi connectivity index (χ1n) is 5.79. The number of carbonyl (C=O) groups excluding carboxylic acids is 1. The van der Waals surface area contributed by atoms with E-state index in [0.717, 1.165) is 0 Å². The molecule has 18 heavy (non-hydrogen) atoms. The maximum absolute atomic E-state index is 11.9. The molecule has 5 heteroatoms. The van der Waals surface area contributed by atoms with Gasteiger partial charge in [0, 0.05) is 5.56 Å². The maximum Gasteiger partial charge on any atom is 0.177 e. The fourth-order valence-corrected chi connectivity index (χ4v) is 2.76. The van der Waals surface area contributed by atoms with E-state index in [4.69, 9.17) is 4.74 Å². The van der Waals surface area contributed by atoms with Crippen LogP contribution in [0.4, 0.5) is 0 Å². The van der Waals surface area contributed by atoms with Crippen molar-refractivity contribution in [2.75, 3.05) is 12.9 Å². The molecule has 100 valence electrons. The third-order valence-electron chi connectivity index (χ3n) is 2.93. The van der Waals surface area contributed by atoms with Crippen molar-refractivity contribution in [1.82, 2.24) is 0 Å². The second-order valence-corrected chi connectivity index (χ2v) is 6.60. The highest BCUT2D eigenvalue weighted by atomic mass is 32.2. The zero-order chi connectivity index (χ0) is 13.8. The molecular formula is C13H18O4S. The van der Waals surface area contributed by atoms with Crippen molar-refractivity contribution in [2.45, 2.75) is 25.5 Å². The molecule has 0 aromatic heterocycles. The lowest BCUT2D eigenvalue weighted by molar-refractivity contribution is 0.102. The Bertz CT molecular complexity index is 502. The van der Waals surface area contributed by atoms with Gasteiger partial charge in [0.1, 0.15) is 11.5 Å². The molecule has 4 nitrogen and oxygen atoms in total. The van der Waals surface area contributed by atoms with Crippen LogP contribution in [-0.4, -0.2) is 32.3 Å². The fraction of sp³-hybridized carbons (Fsp3) is 0.462. The highest BCUT2D eigenvalue weighted by Gasteiger charge is 2.23. The summed E-state index contributed by atoms with van der Waals surface area (Å²) < 4.78 is 28.6. The second kappa shape index (κ2) is 6.00. The molecule has 1 atom stereocenters. The molecular weight excluding hydrogens is 252 g/mol. The zero-order valence-corrected chi connectivity index (χ0v) is 11.7. The molecule has 0 saturated heterocycles. The predicted molar refractivity (Wildman–Crippen MR) is 70.9 cm³/mol. The molecule has 0 bridgehead atoms. The summed E-state index contributed by atoms with van der Waals surface area (Å²) in [5.74, 6) is -0.178. The topological polar surface area (TPSA) is 60.4 Å². The third kappa shape index (κ3) is 3.57. The summed E-state index contributed by atoms with van der Waals surface area (Å²) in [7, 11) is -1.82. The minimum absolute atomic E-state index is 0.377. The highest BCUT2D eigenvalue weighted by molar-refractivity contribution is 7.92. The van der Waals surface area contributed by atoms with Crippen LogP contribution in [0.1, 0.15) is 30.6 Å². The van der Waals surface area contributed by atoms with Gasteiger partial charge in [-0.1, -0.05) is 6.92 Å². The smallest absolute Gasteiger partial charge is 0.177 e. The summed E-state index contributed by atoms with van der Waals surface area (Å²) in [6, 6.07) is 6.44. The summed E-state index contributed by atoms with van der Waals surface area (Å²) >= 11 is 0. The van der Waals surface area contributed by atoms with Crippen LogP contribution in [0, 0.1) is 0 Å². The van der Waals surface area contributed by atoms with Crippen LogP contribution in [0.25, 0.3) is 0 Å². The summed E-state index contributed by atoms with van der Waals surface area (Å²) in [4.78, 5) is 11.9. The van der Waals surface area contributed by atoms with E-state index in [1.54, 1.807) is 38.1 Å². The lowest BCUT2D eigenvalue weighted by atomic mass is 10.1. The average Bonchev–Trinajstić information content (AvgIpc) is 2.37. The van der Waals surface area contributed by atoms with E-state index in [-0.39, 0.29) is 5.78 Å². The number of hydrogen-bond acceptors (Lipinski definition) is 4. The minimum Gasteiger partial charge on any atom is -0.497 e. The quantitative estimate of drug-likeness (QED) is 0.743. The van der Waals surface area contributed by atoms with E-state index in [0.29, 0.717) is 17.7 Å². The lowest BCUT2D eigenvalue weighted by Crippen LogP contribution is -2.25. The third-order valence-corrected chi connectivity index (χ3v) is 5.16. The Morgan fingerprint density at radius 3 is 2.28 bits per heavy atom. The zero-order valence-electron chi connectivity index (χ0n) is 10.8. The Morgan fingerprint density at radius 2 is 1.83 bits per heavy atom. The molecule has 1 rings (SSSR count). The van der Waals surface area contributed by atoms with Gasteiger partial charge < -0.3 is 4.74 Å². The second-order valence-electron chi connectivity index (χ2n) is 4.18. The summed E-state index contributed by atoms with van der Waals surface area (Å²) in [5.41, 5.74) is 0.391. The van der Waals surface area contributed by atoms with E-state index in [1.807, 2.05) is 0 Å². The Hall–Kier alpha value is -1.36. The van der Waals surface area contributed by atoms with Crippen LogP contribution in [0.5, 0.6) is 5.75 Å². The Kier molecular flexibility index (Phi) is 4.90. The molecule has 0 aliphatic carbocycles. The van der Waals surface area contributed by atoms with Crippen molar-refractivity contribution in [3.05, 3.63) is 29.8 Å². The Morgan fingerprint density at radius 1 is 1.28 bits per heavy atom. The fourth-order valence-electron chi connectivity index (χ4n) is 1.44. The van der Waals surface area contributed by atoms with E-state index < -0.39 is 20.8 Å². The maximum atomic E-state index is 11.9. The lowest BCUT2D eigenvalue weighted by Gasteiger charge is -2.09. The van der Waals surface area contributed by atoms with Gasteiger partial charge in [0.25, 0.3) is 0 Å². The van der Waals surface area contributed by atoms with Gasteiger partial charge in [0.05, 0.1) is 12.4 Å². The molecule has 0 amide bonds. The number of sulfone groups is 1. The molecule has 0 spiro atoms. The number of carbonyl (C=O) groups is 1. The molecule has 0 radical (unpaired) electrons. The van der Waals surface area contributed by atoms with Crippen LogP contribution >= 0.6 is 0 Å². The van der Waals surface area contributed by atoms with Crippen molar-refractivity contribution in [2.24, 2.45) is 0 Å². The normalized spacial score (nSPS) is 13.1. The highest BCUT2D eigenvalue weighted by Crippen LogP contribution is 2.14. The predicted octanol–water partition coefficient (Wildman–Crippen LogP) is 2.09. The van der Waals surface area contributed by atoms with Gasteiger partial charge in [-0.15, -0.1) is 0 Å². The van der Waals surface area contributed by atoms with Gasteiger partial charge in [-0.3, -0.25) is 4.79 Å². The van der Waals surface area contributed by atoms with Crippen LogP contribution in [0.3, 0.4) is 0 Å². The van der Waals surface area contributed by atoms with Crippen molar-refractivity contribution in [1.29, 1.82) is 0 Å². The van der Waals surface area contributed by atoms with E-state index in [9.17, 15) is 13.2 Å². The summed E-state index contributed by atoms with van der Waals surface area (Å²) in [5, 5.41) is -0.486. The van der Waals surface area contributed by atoms with Crippen molar-refractivity contribution in [3.8, 4) is 5.75 Å². The van der Waals surface area contributed by atoms with Gasteiger partial charge in [0.2, 0.25) is 0 Å². The van der Waals surface area contributed by atoms with E-state index in [2.05, 4.69) is 0 Å². The number of ether oxygens (including phenoxy) is 1. The van der Waals surface area contributed by atoms with Crippen LogP contribution in [-0.2, 0) is 9.84 Å². The van der Waals surface area contributed by atoms with E-state index in [1.165, 1.54) is 7.11 Å². The Labute approximate surface area is 108 Å². The van der Waals surface area contributed by atoms with Crippen LogP contribution < -0.4 is 4.74 Å². The molecule has 0 saturated carbocycles. The number of benzene rings is 1. The molecule has 1 unspecified atom stereocenters. The van der Waals surface area contributed by atoms with Gasteiger partial charge in [-0.2, -0.15) is 0 Å². The minimum atomic E-state index is -3.35. The Balaban J connectivity index is 2.82. The van der Waals surface area contributed by atoms with Crippen LogP contribution in [0.2, 0.25) is 0 Å². The van der Waals surface area contributed by atoms with Crippen molar-refractivity contribution >= 4 is 15.6 Å². The first-order valence-corrected chi connectivity index (χ1v) is 7.51.